The zero-order valence-corrected chi connectivity index (χ0v) is 21.1. The third-order valence-corrected chi connectivity index (χ3v) is 11.1. The van der Waals surface area contributed by atoms with Gasteiger partial charge in [0.2, 0.25) is 0 Å². The van der Waals surface area contributed by atoms with Crippen LogP contribution in [0.4, 0.5) is 0 Å². The maximum absolute atomic E-state index is 13.4. The van der Waals surface area contributed by atoms with Gasteiger partial charge in [0.15, 0.2) is 8.32 Å². The van der Waals surface area contributed by atoms with Gasteiger partial charge in [-0.05, 0) is 68.9 Å². The van der Waals surface area contributed by atoms with Crippen LogP contribution >= 0.6 is 0 Å². The van der Waals surface area contributed by atoms with Gasteiger partial charge in [0.1, 0.15) is 12.0 Å². The zero-order valence-electron chi connectivity index (χ0n) is 20.1. The van der Waals surface area contributed by atoms with Crippen molar-refractivity contribution in [3.8, 4) is 0 Å². The molecule has 170 valence electrons. The van der Waals surface area contributed by atoms with Crippen molar-refractivity contribution in [1.82, 2.24) is 14.5 Å². The van der Waals surface area contributed by atoms with Crippen LogP contribution in [-0.2, 0) is 26.9 Å². The first-order valence-electron chi connectivity index (χ1n) is 11.4. The number of fused-ring (bicyclic) bond motifs is 1. The number of aryl methyl sites for hydroxylation is 2. The number of ether oxygens (including phenoxy) is 1. The van der Waals surface area contributed by atoms with Crippen LogP contribution in [0.5, 0.6) is 0 Å². The van der Waals surface area contributed by atoms with Crippen molar-refractivity contribution in [3.05, 3.63) is 47.3 Å². The fourth-order valence-corrected chi connectivity index (χ4v) is 5.14. The number of carbonyl (C=O) groups is 1. The zero-order chi connectivity index (χ0) is 22.8. The molecule has 1 aliphatic rings. The van der Waals surface area contributed by atoms with Gasteiger partial charge >= 0.3 is 5.97 Å². The maximum Gasteiger partial charge on any atom is 0.316 e. The summed E-state index contributed by atoms with van der Waals surface area (Å²) in [6.07, 6.45) is 6.41. The van der Waals surface area contributed by atoms with E-state index in [1.807, 2.05) is 32.3 Å². The smallest absolute Gasteiger partial charge is 0.316 e. The molecule has 0 saturated carbocycles. The lowest BCUT2D eigenvalue weighted by Crippen LogP contribution is -2.44. The molecule has 0 spiro atoms. The van der Waals surface area contributed by atoms with Crippen LogP contribution in [0.3, 0.4) is 0 Å². The molecule has 31 heavy (non-hydrogen) atoms. The molecule has 2 atom stereocenters. The highest BCUT2D eigenvalue weighted by atomic mass is 28.4. The number of aromatic nitrogens is 3. The Hall–Kier alpha value is -1.99. The molecule has 3 rings (SSSR count). The van der Waals surface area contributed by atoms with Gasteiger partial charge in [0.05, 0.1) is 18.6 Å². The number of imidazole rings is 1. The normalized spacial score (nSPS) is 16.5. The van der Waals surface area contributed by atoms with Gasteiger partial charge in [-0.15, -0.1) is 0 Å². The molecule has 2 aromatic heterocycles. The molecule has 2 aromatic rings. The Kier molecular flexibility index (Phi) is 7.06. The van der Waals surface area contributed by atoms with Crippen molar-refractivity contribution in [3.63, 3.8) is 0 Å². The minimum atomic E-state index is -2.22. The van der Waals surface area contributed by atoms with Crippen LogP contribution < -0.4 is 0 Å². The van der Waals surface area contributed by atoms with Crippen molar-refractivity contribution < 1.29 is 14.0 Å². The second-order valence-electron chi connectivity index (χ2n) is 9.99. The number of pyridine rings is 1. The Morgan fingerprint density at radius 3 is 2.65 bits per heavy atom. The molecule has 0 N–H and O–H groups in total. The van der Waals surface area contributed by atoms with Gasteiger partial charge in [0.25, 0.3) is 0 Å². The molecular weight excluding hydrogens is 406 g/mol. The summed E-state index contributed by atoms with van der Waals surface area (Å²) in [4.78, 5) is 22.5. The summed E-state index contributed by atoms with van der Waals surface area (Å²) >= 11 is 0. The monoisotopic (exact) mass is 443 g/mol. The number of hydrogen-bond acceptors (Lipinski definition) is 5. The molecular formula is C24H37N3O3Si. The van der Waals surface area contributed by atoms with Crippen molar-refractivity contribution >= 4 is 14.3 Å². The third kappa shape index (κ3) is 5.09. The van der Waals surface area contributed by atoms with Crippen molar-refractivity contribution in [2.45, 2.75) is 90.6 Å². The van der Waals surface area contributed by atoms with Gasteiger partial charge in [-0.1, -0.05) is 20.8 Å². The summed E-state index contributed by atoms with van der Waals surface area (Å²) in [6.45, 7) is 16.2. The van der Waals surface area contributed by atoms with Crippen LogP contribution in [0, 0.1) is 6.92 Å². The lowest BCUT2D eigenvalue weighted by Gasteiger charge is -2.41. The highest BCUT2D eigenvalue weighted by Crippen LogP contribution is 2.45. The number of hydrogen-bond donors (Lipinski definition) is 0. The topological polar surface area (TPSA) is 66.2 Å². The Labute approximate surface area is 187 Å². The highest BCUT2D eigenvalue weighted by molar-refractivity contribution is 6.74. The molecule has 0 bridgehead atoms. The molecule has 1 aliphatic heterocycles. The lowest BCUT2D eigenvalue weighted by atomic mass is 9.90. The number of nitrogens with zero attached hydrogens (tertiary/aromatic N) is 3. The molecule has 7 heteroatoms. The Morgan fingerprint density at radius 2 is 2.00 bits per heavy atom. The van der Waals surface area contributed by atoms with Crippen LogP contribution in [0.25, 0.3) is 0 Å². The summed E-state index contributed by atoms with van der Waals surface area (Å²) in [6, 6.07) is 3.87. The Balaban J connectivity index is 2.16. The maximum atomic E-state index is 13.4. The van der Waals surface area contributed by atoms with Crippen molar-refractivity contribution in [1.29, 1.82) is 0 Å². The van der Waals surface area contributed by atoms with E-state index in [0.717, 1.165) is 42.8 Å². The van der Waals surface area contributed by atoms with Gasteiger partial charge in [-0.2, -0.15) is 0 Å². The lowest BCUT2D eigenvalue weighted by molar-refractivity contribution is -0.147. The summed E-state index contributed by atoms with van der Waals surface area (Å²) in [5, 5.41) is -0.00157. The first-order chi connectivity index (χ1) is 14.5. The molecule has 0 aromatic carbocycles. The van der Waals surface area contributed by atoms with Crippen LogP contribution in [0.2, 0.25) is 18.1 Å². The van der Waals surface area contributed by atoms with Gasteiger partial charge in [-0.3, -0.25) is 9.78 Å². The molecule has 0 fully saturated rings. The van der Waals surface area contributed by atoms with Crippen molar-refractivity contribution in [2.75, 3.05) is 6.61 Å². The second kappa shape index (κ2) is 9.24. The van der Waals surface area contributed by atoms with Gasteiger partial charge in [-0.25, -0.2) is 4.98 Å². The molecule has 0 saturated heterocycles. The van der Waals surface area contributed by atoms with E-state index in [1.165, 1.54) is 5.69 Å². The summed E-state index contributed by atoms with van der Waals surface area (Å²) < 4.78 is 14.8. The first-order valence-corrected chi connectivity index (χ1v) is 14.3. The van der Waals surface area contributed by atoms with Crippen LogP contribution in [0.1, 0.15) is 75.2 Å². The molecule has 0 aliphatic carbocycles. The van der Waals surface area contributed by atoms with E-state index in [2.05, 4.69) is 43.4 Å². The third-order valence-electron chi connectivity index (χ3n) is 6.66. The van der Waals surface area contributed by atoms with E-state index in [-0.39, 0.29) is 11.0 Å². The fraction of sp³-hybridized carbons (Fsp3) is 0.625. The Bertz CT molecular complexity index is 917. The molecule has 0 radical (unpaired) electrons. The largest absolute Gasteiger partial charge is 0.465 e. The second-order valence-corrected chi connectivity index (χ2v) is 14.7. The van der Waals surface area contributed by atoms with E-state index in [1.54, 1.807) is 6.20 Å². The highest BCUT2D eigenvalue weighted by Gasteiger charge is 2.45. The van der Waals surface area contributed by atoms with Gasteiger partial charge in [0, 0.05) is 24.1 Å². The average Bonchev–Trinajstić information content (AvgIpc) is 3.11. The molecule has 2 unspecified atom stereocenters. The van der Waals surface area contributed by atoms with E-state index >= 15 is 0 Å². The predicted octanol–water partition coefficient (Wildman–Crippen LogP) is 5.33. The molecule has 6 nitrogen and oxygen atoms in total. The molecule has 0 amide bonds. The van der Waals surface area contributed by atoms with E-state index in [9.17, 15) is 4.79 Å². The van der Waals surface area contributed by atoms with E-state index in [4.69, 9.17) is 14.1 Å². The SMILES string of the molecule is CCOC(=O)C(c1ccnc(C)c1)C(O[Si](C)(C)C(C)(C)C)c1ncn2c1CCCC2. The van der Waals surface area contributed by atoms with E-state index in [0.29, 0.717) is 6.61 Å². The number of rotatable bonds is 7. The summed E-state index contributed by atoms with van der Waals surface area (Å²) in [5.74, 6) is -0.855. The number of carbonyl (C=O) groups excluding carboxylic acids is 1. The minimum Gasteiger partial charge on any atom is -0.465 e. The average molecular weight is 444 g/mol. The predicted molar refractivity (Wildman–Crippen MR) is 125 cm³/mol. The summed E-state index contributed by atoms with van der Waals surface area (Å²) in [5.41, 5.74) is 3.81. The minimum absolute atomic E-state index is 0.00157. The van der Waals surface area contributed by atoms with Crippen molar-refractivity contribution in [2.24, 2.45) is 0 Å². The number of esters is 1. The van der Waals surface area contributed by atoms with Crippen LogP contribution in [0.15, 0.2) is 24.7 Å². The van der Waals surface area contributed by atoms with E-state index < -0.39 is 20.3 Å². The van der Waals surface area contributed by atoms with Crippen LogP contribution in [-0.4, -0.2) is 35.4 Å². The molecule has 3 heterocycles. The first kappa shape index (κ1) is 23.7. The fourth-order valence-electron chi connectivity index (χ4n) is 3.90. The van der Waals surface area contributed by atoms with Gasteiger partial charge < -0.3 is 13.7 Å². The standard InChI is InChI=1S/C24H37N3O3Si/c1-8-29-23(28)20(18-12-13-25-17(2)15-18)22(30-31(6,7)24(3,4)5)21-19-11-9-10-14-27(19)16-26-21/h12-13,15-16,20,22H,8-11,14H2,1-7H3. The Morgan fingerprint density at radius 1 is 1.26 bits per heavy atom. The quantitative estimate of drug-likeness (QED) is 0.427. The summed E-state index contributed by atoms with van der Waals surface area (Å²) in [7, 11) is -2.22.